The van der Waals surface area contributed by atoms with Crippen LogP contribution in [0.15, 0.2) is 22.7 Å². The Labute approximate surface area is 124 Å². The van der Waals surface area contributed by atoms with Gasteiger partial charge in [-0.25, -0.2) is 0 Å². The number of nitriles is 1. The third-order valence-corrected chi connectivity index (χ3v) is 5.28. The molecule has 0 aromatic heterocycles. The maximum atomic E-state index is 9.01. The van der Waals surface area contributed by atoms with Gasteiger partial charge in [-0.2, -0.15) is 5.26 Å². The zero-order chi connectivity index (χ0) is 14.0. The maximum absolute atomic E-state index is 9.01. The third kappa shape index (κ3) is 3.12. The van der Waals surface area contributed by atoms with Gasteiger partial charge in [-0.15, -0.1) is 0 Å². The van der Waals surface area contributed by atoms with Crippen molar-refractivity contribution < 1.29 is 0 Å². The van der Waals surface area contributed by atoms with E-state index < -0.39 is 0 Å². The molecule has 0 saturated carbocycles. The van der Waals surface area contributed by atoms with Gasteiger partial charge in [0, 0.05) is 29.7 Å². The van der Waals surface area contributed by atoms with Crippen molar-refractivity contribution >= 4 is 21.6 Å². The van der Waals surface area contributed by atoms with Gasteiger partial charge >= 0.3 is 0 Å². The summed E-state index contributed by atoms with van der Waals surface area (Å²) >= 11 is 3.60. The van der Waals surface area contributed by atoms with Crippen LogP contribution in [0.3, 0.4) is 0 Å². The zero-order valence-corrected chi connectivity index (χ0v) is 13.5. The van der Waals surface area contributed by atoms with Gasteiger partial charge in [-0.1, -0.05) is 35.8 Å². The monoisotopic (exact) mass is 320 g/mol. The molecule has 0 spiro atoms. The molecular weight excluding hydrogens is 300 g/mol. The minimum Gasteiger partial charge on any atom is -0.371 e. The quantitative estimate of drug-likeness (QED) is 0.800. The number of piperidine rings is 1. The Hall–Kier alpha value is -1.01. The Kier molecular flexibility index (Phi) is 4.20. The molecule has 1 aromatic carbocycles. The van der Waals surface area contributed by atoms with E-state index in [1.54, 1.807) is 0 Å². The number of aryl methyl sites for hydroxylation is 1. The van der Waals surface area contributed by atoms with E-state index in [4.69, 9.17) is 5.26 Å². The highest BCUT2D eigenvalue weighted by Gasteiger charge is 2.35. The van der Waals surface area contributed by atoms with Gasteiger partial charge in [0.2, 0.25) is 0 Å². The summed E-state index contributed by atoms with van der Waals surface area (Å²) in [5.74, 6) is 0.450. The number of benzene rings is 1. The molecule has 19 heavy (non-hydrogen) atoms. The van der Waals surface area contributed by atoms with E-state index in [9.17, 15) is 0 Å². The summed E-state index contributed by atoms with van der Waals surface area (Å²) in [5.41, 5.74) is 2.79. The van der Waals surface area contributed by atoms with Crippen LogP contribution in [-0.4, -0.2) is 13.1 Å². The van der Waals surface area contributed by atoms with Crippen molar-refractivity contribution in [1.29, 1.82) is 5.26 Å². The Morgan fingerprint density at radius 1 is 1.47 bits per heavy atom. The van der Waals surface area contributed by atoms with Crippen LogP contribution in [0.1, 0.15) is 32.3 Å². The minimum absolute atomic E-state index is 0.272. The van der Waals surface area contributed by atoms with Crippen LogP contribution >= 0.6 is 15.9 Å². The molecule has 0 bridgehead atoms. The fraction of sp³-hybridized carbons (Fsp3) is 0.562. The highest BCUT2D eigenvalue weighted by Crippen LogP contribution is 2.39. The average Bonchev–Trinajstić information content (AvgIpc) is 2.35. The smallest absolute Gasteiger partial charge is 0.0625 e. The van der Waals surface area contributed by atoms with E-state index in [0.29, 0.717) is 12.3 Å². The zero-order valence-electron chi connectivity index (χ0n) is 11.9. The van der Waals surface area contributed by atoms with E-state index in [0.717, 1.165) is 24.0 Å². The van der Waals surface area contributed by atoms with E-state index in [1.165, 1.54) is 11.3 Å². The predicted octanol–water partition coefficient (Wildman–Crippen LogP) is 4.52. The summed E-state index contributed by atoms with van der Waals surface area (Å²) in [4.78, 5) is 2.41. The SMILES string of the molecule is Cc1ccc(N2CCC(C)(C)C(CC#N)C2)cc1Br. The molecule has 1 fully saturated rings. The number of hydrogen-bond acceptors (Lipinski definition) is 2. The fourth-order valence-electron chi connectivity index (χ4n) is 2.70. The van der Waals surface area contributed by atoms with Gasteiger partial charge < -0.3 is 4.90 Å². The molecule has 1 atom stereocenters. The summed E-state index contributed by atoms with van der Waals surface area (Å²) in [5, 5.41) is 9.01. The van der Waals surface area contributed by atoms with Gasteiger partial charge in [0.25, 0.3) is 0 Å². The Morgan fingerprint density at radius 3 is 2.84 bits per heavy atom. The molecule has 1 aliphatic heterocycles. The number of nitrogens with zero attached hydrogens (tertiary/aromatic N) is 2. The number of rotatable bonds is 2. The highest BCUT2D eigenvalue weighted by molar-refractivity contribution is 9.10. The van der Waals surface area contributed by atoms with E-state index >= 15 is 0 Å². The molecule has 0 amide bonds. The third-order valence-electron chi connectivity index (χ3n) is 4.43. The first-order valence-corrected chi connectivity index (χ1v) is 7.61. The maximum Gasteiger partial charge on any atom is 0.0625 e. The van der Waals surface area contributed by atoms with Crippen molar-refractivity contribution in [1.82, 2.24) is 0 Å². The Bertz CT molecular complexity index is 502. The number of halogens is 1. The molecule has 1 unspecified atom stereocenters. The van der Waals surface area contributed by atoms with Crippen molar-refractivity contribution in [2.75, 3.05) is 18.0 Å². The number of hydrogen-bond donors (Lipinski definition) is 0. The second kappa shape index (κ2) is 5.54. The van der Waals surface area contributed by atoms with Crippen LogP contribution in [0.2, 0.25) is 0 Å². The first-order chi connectivity index (χ1) is 8.94. The molecule has 0 radical (unpaired) electrons. The molecule has 2 rings (SSSR count). The van der Waals surface area contributed by atoms with Gasteiger partial charge in [-0.05, 0) is 42.4 Å². The van der Waals surface area contributed by atoms with Crippen LogP contribution in [0.5, 0.6) is 0 Å². The molecular formula is C16H21BrN2. The second-order valence-corrected chi connectivity index (χ2v) is 7.03. The van der Waals surface area contributed by atoms with Crippen LogP contribution in [0.4, 0.5) is 5.69 Å². The minimum atomic E-state index is 0.272. The molecule has 1 aliphatic rings. The lowest BCUT2D eigenvalue weighted by Gasteiger charge is -2.44. The molecule has 1 heterocycles. The molecule has 1 aromatic rings. The summed E-state index contributed by atoms with van der Waals surface area (Å²) in [7, 11) is 0. The fourth-order valence-corrected chi connectivity index (χ4v) is 3.06. The lowest BCUT2D eigenvalue weighted by molar-refractivity contribution is 0.174. The van der Waals surface area contributed by atoms with Crippen molar-refractivity contribution in [3.8, 4) is 6.07 Å². The highest BCUT2D eigenvalue weighted by atomic mass is 79.9. The molecule has 0 aliphatic carbocycles. The van der Waals surface area contributed by atoms with Crippen molar-refractivity contribution in [2.24, 2.45) is 11.3 Å². The van der Waals surface area contributed by atoms with E-state index in [-0.39, 0.29) is 5.41 Å². The van der Waals surface area contributed by atoms with Gasteiger partial charge in [0.15, 0.2) is 0 Å². The number of anilines is 1. The van der Waals surface area contributed by atoms with Crippen LogP contribution < -0.4 is 4.90 Å². The van der Waals surface area contributed by atoms with E-state index in [1.807, 2.05) is 0 Å². The Morgan fingerprint density at radius 2 is 2.21 bits per heavy atom. The second-order valence-electron chi connectivity index (χ2n) is 6.18. The van der Waals surface area contributed by atoms with Crippen molar-refractivity contribution in [3.05, 3.63) is 28.2 Å². The summed E-state index contributed by atoms with van der Waals surface area (Å²) < 4.78 is 1.16. The standard InChI is InChI=1S/C16H21BrN2/c1-12-4-5-14(10-15(12)17)19-9-7-16(2,3)13(11-19)6-8-18/h4-5,10,13H,6-7,9,11H2,1-3H3. The molecule has 0 N–H and O–H groups in total. The first kappa shape index (κ1) is 14.4. The van der Waals surface area contributed by atoms with Gasteiger partial charge in [-0.3, -0.25) is 0 Å². The summed E-state index contributed by atoms with van der Waals surface area (Å²) in [6.45, 7) is 8.74. The normalized spacial score (nSPS) is 22.1. The summed E-state index contributed by atoms with van der Waals surface area (Å²) in [6, 6.07) is 8.87. The average molecular weight is 321 g/mol. The van der Waals surface area contributed by atoms with Crippen molar-refractivity contribution in [2.45, 2.75) is 33.6 Å². The lowest BCUT2D eigenvalue weighted by Crippen LogP contribution is -2.44. The first-order valence-electron chi connectivity index (χ1n) is 6.82. The topological polar surface area (TPSA) is 27.0 Å². The Balaban J connectivity index is 2.18. The van der Waals surface area contributed by atoms with Crippen molar-refractivity contribution in [3.63, 3.8) is 0 Å². The van der Waals surface area contributed by atoms with Gasteiger partial charge in [0.05, 0.1) is 6.07 Å². The summed E-state index contributed by atoms with van der Waals surface area (Å²) in [6.07, 6.45) is 1.79. The van der Waals surface area contributed by atoms with Gasteiger partial charge in [0.1, 0.15) is 0 Å². The molecule has 102 valence electrons. The van der Waals surface area contributed by atoms with Crippen LogP contribution in [0, 0.1) is 29.6 Å². The predicted molar refractivity (Wildman–Crippen MR) is 83.2 cm³/mol. The lowest BCUT2D eigenvalue weighted by atomic mass is 9.72. The molecule has 3 heteroatoms. The van der Waals surface area contributed by atoms with E-state index in [2.05, 4.69) is 65.9 Å². The largest absolute Gasteiger partial charge is 0.371 e. The molecule has 1 saturated heterocycles. The van der Waals surface area contributed by atoms with Crippen LogP contribution in [0.25, 0.3) is 0 Å². The molecule has 2 nitrogen and oxygen atoms in total. The van der Waals surface area contributed by atoms with Crippen LogP contribution in [-0.2, 0) is 0 Å².